The van der Waals surface area contributed by atoms with Gasteiger partial charge in [0.1, 0.15) is 5.56 Å². The highest BCUT2D eigenvalue weighted by atomic mass is 16.3. The number of hydrogen-bond donors (Lipinski definition) is 2. The monoisotopic (exact) mass is 366 g/mol. The molecule has 0 fully saturated rings. The molecule has 3 rings (SSSR count). The Bertz CT molecular complexity index is 1080. The van der Waals surface area contributed by atoms with E-state index in [9.17, 15) is 19.5 Å². The number of hydrazone groups is 1. The molecular formula is C19H18N4O4. The van der Waals surface area contributed by atoms with Crippen LogP contribution in [0.2, 0.25) is 0 Å². The maximum absolute atomic E-state index is 12.8. The van der Waals surface area contributed by atoms with Crippen LogP contribution in [0.5, 0.6) is 5.88 Å². The Balaban J connectivity index is 2.16. The number of rotatable bonds is 3. The first-order valence-electron chi connectivity index (χ1n) is 8.13. The highest BCUT2D eigenvalue weighted by molar-refractivity contribution is 6.32. The van der Waals surface area contributed by atoms with E-state index in [1.807, 2.05) is 6.07 Å². The molecule has 0 radical (unpaired) electrons. The molecule has 3 N–H and O–H groups in total. The Labute approximate surface area is 154 Å². The van der Waals surface area contributed by atoms with Crippen molar-refractivity contribution in [3.05, 3.63) is 62.9 Å². The Morgan fingerprint density at radius 1 is 1.19 bits per heavy atom. The van der Waals surface area contributed by atoms with Gasteiger partial charge in [0.2, 0.25) is 5.88 Å². The minimum Gasteiger partial charge on any atom is -0.494 e. The maximum Gasteiger partial charge on any atom is 0.280 e. The fourth-order valence-corrected chi connectivity index (χ4v) is 2.95. The first-order valence-corrected chi connectivity index (χ1v) is 8.13. The summed E-state index contributed by atoms with van der Waals surface area (Å²) in [5, 5.41) is 15.6. The Kier molecular flexibility index (Phi) is 4.40. The number of pyridine rings is 1. The molecule has 0 saturated carbocycles. The van der Waals surface area contributed by atoms with E-state index in [1.165, 1.54) is 25.1 Å². The zero-order chi connectivity index (χ0) is 19.9. The number of nitrogens with zero attached hydrogens (tertiary/aromatic N) is 3. The highest BCUT2D eigenvalue weighted by Gasteiger charge is 2.30. The van der Waals surface area contributed by atoms with Crippen molar-refractivity contribution in [1.29, 1.82) is 0 Å². The van der Waals surface area contributed by atoms with Crippen LogP contribution in [0, 0.1) is 6.92 Å². The van der Waals surface area contributed by atoms with Crippen LogP contribution in [0.3, 0.4) is 0 Å². The van der Waals surface area contributed by atoms with Crippen LogP contribution in [0.25, 0.3) is 6.08 Å². The molecule has 0 unspecified atom stereocenters. The summed E-state index contributed by atoms with van der Waals surface area (Å²) in [5.74, 6) is -1.77. The van der Waals surface area contributed by atoms with Gasteiger partial charge in [0, 0.05) is 12.6 Å². The van der Waals surface area contributed by atoms with Gasteiger partial charge in [0.25, 0.3) is 17.4 Å². The van der Waals surface area contributed by atoms with Gasteiger partial charge in [-0.1, -0.05) is 18.2 Å². The summed E-state index contributed by atoms with van der Waals surface area (Å²) in [5.41, 5.74) is 6.16. The summed E-state index contributed by atoms with van der Waals surface area (Å²) in [7, 11) is 1.32. The molecule has 8 nitrogen and oxygen atoms in total. The minimum absolute atomic E-state index is 0.0944. The molecule has 0 bridgehead atoms. The first-order chi connectivity index (χ1) is 12.7. The topological polar surface area (TPSA) is 118 Å². The van der Waals surface area contributed by atoms with Gasteiger partial charge < -0.3 is 10.8 Å². The molecule has 0 saturated heterocycles. The predicted octanol–water partition coefficient (Wildman–Crippen LogP) is 1.30. The zero-order valence-electron chi connectivity index (χ0n) is 15.1. The molecule has 0 atom stereocenters. The molecule has 1 aromatic heterocycles. The van der Waals surface area contributed by atoms with E-state index in [1.54, 1.807) is 31.2 Å². The maximum atomic E-state index is 12.8. The van der Waals surface area contributed by atoms with Gasteiger partial charge in [0.05, 0.1) is 17.0 Å². The Morgan fingerprint density at radius 2 is 1.81 bits per heavy atom. The van der Waals surface area contributed by atoms with E-state index in [0.29, 0.717) is 11.4 Å². The Morgan fingerprint density at radius 3 is 2.41 bits per heavy atom. The lowest BCUT2D eigenvalue weighted by Gasteiger charge is -2.13. The number of para-hydroxylation sites is 1. The molecule has 2 amide bonds. The smallest absolute Gasteiger partial charge is 0.280 e. The molecule has 138 valence electrons. The number of aromatic hydroxyl groups is 1. The summed E-state index contributed by atoms with van der Waals surface area (Å²) < 4.78 is 0.917. The van der Waals surface area contributed by atoms with Gasteiger partial charge >= 0.3 is 0 Å². The molecule has 0 aliphatic carbocycles. The van der Waals surface area contributed by atoms with Crippen molar-refractivity contribution in [2.24, 2.45) is 17.9 Å². The van der Waals surface area contributed by atoms with Crippen LogP contribution in [0.4, 0.5) is 5.69 Å². The third-order valence-electron chi connectivity index (χ3n) is 4.45. The van der Waals surface area contributed by atoms with Crippen molar-refractivity contribution >= 4 is 29.3 Å². The number of benzene rings is 1. The molecule has 2 aromatic rings. The number of carbonyl (C=O) groups is 2. The summed E-state index contributed by atoms with van der Waals surface area (Å²) in [6.07, 6.45) is 1.38. The van der Waals surface area contributed by atoms with Gasteiger partial charge in [-0.25, -0.2) is 0 Å². The number of anilines is 1. The lowest BCUT2D eigenvalue weighted by Crippen LogP contribution is -2.27. The SMILES string of the molecule is CC1=NN(c2ccccc2)C(=O)/C1=C\c1c(C)c(C(N)=O)c(O)n(C)c1=O. The molecular weight excluding hydrogens is 348 g/mol. The zero-order valence-corrected chi connectivity index (χ0v) is 15.1. The highest BCUT2D eigenvalue weighted by Crippen LogP contribution is 2.26. The normalized spacial score (nSPS) is 15.4. The van der Waals surface area contributed by atoms with Crippen molar-refractivity contribution in [2.75, 3.05) is 5.01 Å². The molecule has 1 aliphatic rings. The van der Waals surface area contributed by atoms with Gasteiger partial charge in [-0.15, -0.1) is 0 Å². The lowest BCUT2D eigenvalue weighted by atomic mass is 10.0. The van der Waals surface area contributed by atoms with Crippen LogP contribution in [0.1, 0.15) is 28.4 Å². The average Bonchev–Trinajstić information content (AvgIpc) is 2.91. The molecule has 1 aliphatic heterocycles. The molecule has 8 heteroatoms. The van der Waals surface area contributed by atoms with Crippen molar-refractivity contribution in [3.63, 3.8) is 0 Å². The first kappa shape index (κ1) is 18.1. The van der Waals surface area contributed by atoms with Crippen LogP contribution in [0.15, 0.2) is 45.8 Å². The number of hydrogen-bond acceptors (Lipinski definition) is 5. The second-order valence-electron chi connectivity index (χ2n) is 6.16. The number of carbonyl (C=O) groups excluding carboxylic acids is 2. The van der Waals surface area contributed by atoms with Crippen molar-refractivity contribution in [2.45, 2.75) is 13.8 Å². The standard InChI is InChI=1S/C19H18N4O4/c1-10-13(17(25)22(3)19(27)15(10)16(20)24)9-14-11(2)21-23(18(14)26)12-7-5-4-6-8-12/h4-9,27H,1-3H3,(H2,20,24)/b14-9-. The third kappa shape index (κ3) is 2.91. The fraction of sp³-hybridized carbons (Fsp3) is 0.158. The summed E-state index contributed by atoms with van der Waals surface area (Å²) in [4.78, 5) is 37.1. The fourth-order valence-electron chi connectivity index (χ4n) is 2.95. The summed E-state index contributed by atoms with van der Waals surface area (Å²) in [6, 6.07) is 8.88. The predicted molar refractivity (Wildman–Crippen MR) is 102 cm³/mol. The van der Waals surface area contributed by atoms with Crippen LogP contribution >= 0.6 is 0 Å². The minimum atomic E-state index is -0.866. The van der Waals surface area contributed by atoms with Crippen LogP contribution in [-0.4, -0.2) is 27.2 Å². The number of primary amides is 1. The van der Waals surface area contributed by atoms with Gasteiger partial charge in [-0.2, -0.15) is 10.1 Å². The third-order valence-corrected chi connectivity index (χ3v) is 4.45. The number of aromatic nitrogens is 1. The van der Waals surface area contributed by atoms with Crippen LogP contribution < -0.4 is 16.3 Å². The van der Waals surface area contributed by atoms with E-state index in [2.05, 4.69) is 5.10 Å². The van der Waals surface area contributed by atoms with Gasteiger partial charge in [-0.05, 0) is 37.6 Å². The second kappa shape index (κ2) is 6.56. The quantitative estimate of drug-likeness (QED) is 0.796. The molecule has 0 spiro atoms. The summed E-state index contributed by atoms with van der Waals surface area (Å²) >= 11 is 0. The van der Waals surface area contributed by atoms with E-state index >= 15 is 0 Å². The summed E-state index contributed by atoms with van der Waals surface area (Å²) in [6.45, 7) is 3.15. The van der Waals surface area contributed by atoms with E-state index in [-0.39, 0.29) is 22.3 Å². The van der Waals surface area contributed by atoms with E-state index in [4.69, 9.17) is 5.73 Å². The largest absolute Gasteiger partial charge is 0.494 e. The average molecular weight is 366 g/mol. The number of amides is 2. The van der Waals surface area contributed by atoms with Crippen LogP contribution in [-0.2, 0) is 11.8 Å². The second-order valence-corrected chi connectivity index (χ2v) is 6.16. The van der Waals surface area contributed by atoms with Gasteiger partial charge in [0.15, 0.2) is 0 Å². The molecule has 27 heavy (non-hydrogen) atoms. The lowest BCUT2D eigenvalue weighted by molar-refractivity contribution is -0.114. The number of nitrogens with two attached hydrogens (primary N) is 1. The van der Waals surface area contributed by atoms with E-state index < -0.39 is 23.3 Å². The van der Waals surface area contributed by atoms with E-state index in [0.717, 1.165) is 4.57 Å². The van der Waals surface area contributed by atoms with Crippen molar-refractivity contribution in [1.82, 2.24) is 4.57 Å². The molecule has 2 heterocycles. The van der Waals surface area contributed by atoms with Crippen molar-refractivity contribution < 1.29 is 14.7 Å². The molecule has 1 aromatic carbocycles. The van der Waals surface area contributed by atoms with Crippen molar-refractivity contribution in [3.8, 4) is 5.88 Å². The van der Waals surface area contributed by atoms with Gasteiger partial charge in [-0.3, -0.25) is 19.0 Å². The Hall–Kier alpha value is -3.68.